The fraction of sp³-hybridized carbons (Fsp3) is 0.118. The van der Waals surface area contributed by atoms with E-state index in [1.165, 1.54) is 11.1 Å². The standard InChI is InChI=1S/C17H13NO/c19-16-12-11-15-17(18(15)16,13-7-3-1-4-8-13)14-9-5-2-6-10-14/h1-12,15H. The van der Waals surface area contributed by atoms with Crippen molar-refractivity contribution in [2.75, 3.05) is 0 Å². The lowest BCUT2D eigenvalue weighted by molar-refractivity contribution is -0.121. The first-order valence-electron chi connectivity index (χ1n) is 6.47. The van der Waals surface area contributed by atoms with Crippen LogP contribution < -0.4 is 0 Å². The van der Waals surface area contributed by atoms with E-state index in [9.17, 15) is 4.79 Å². The molecule has 92 valence electrons. The predicted molar refractivity (Wildman–Crippen MR) is 73.4 cm³/mol. The molecule has 2 aromatic carbocycles. The molecular weight excluding hydrogens is 234 g/mol. The zero-order chi connectivity index (χ0) is 12.9. The van der Waals surface area contributed by atoms with Crippen LogP contribution in [0.2, 0.25) is 0 Å². The predicted octanol–water partition coefficient (Wildman–Crippen LogP) is 2.71. The van der Waals surface area contributed by atoms with E-state index in [1.54, 1.807) is 6.08 Å². The zero-order valence-electron chi connectivity index (χ0n) is 10.4. The largest absolute Gasteiger partial charge is 0.313 e. The summed E-state index contributed by atoms with van der Waals surface area (Å²) in [7, 11) is 0. The molecule has 1 atom stereocenters. The van der Waals surface area contributed by atoms with Crippen LogP contribution in [0.4, 0.5) is 0 Å². The van der Waals surface area contributed by atoms with Crippen molar-refractivity contribution in [3.63, 3.8) is 0 Å². The summed E-state index contributed by atoms with van der Waals surface area (Å²) in [4.78, 5) is 14.0. The quantitative estimate of drug-likeness (QED) is 0.747. The molecule has 4 rings (SSSR count). The lowest BCUT2D eigenvalue weighted by atomic mass is 9.86. The number of carbonyl (C=O) groups excluding carboxylic acids is 1. The summed E-state index contributed by atoms with van der Waals surface area (Å²) in [6.07, 6.45) is 3.69. The van der Waals surface area contributed by atoms with Gasteiger partial charge >= 0.3 is 0 Å². The fourth-order valence-corrected chi connectivity index (χ4v) is 3.27. The van der Waals surface area contributed by atoms with E-state index in [2.05, 4.69) is 24.3 Å². The maximum atomic E-state index is 12.0. The van der Waals surface area contributed by atoms with E-state index < -0.39 is 0 Å². The summed E-state index contributed by atoms with van der Waals surface area (Å²) < 4.78 is 0. The molecule has 1 unspecified atom stereocenters. The molecule has 1 fully saturated rings. The van der Waals surface area contributed by atoms with Gasteiger partial charge in [0.15, 0.2) is 0 Å². The van der Waals surface area contributed by atoms with Crippen molar-refractivity contribution in [1.82, 2.24) is 4.90 Å². The molecule has 2 aromatic rings. The Hall–Kier alpha value is -2.35. The van der Waals surface area contributed by atoms with Crippen molar-refractivity contribution < 1.29 is 4.79 Å². The van der Waals surface area contributed by atoms with Crippen molar-refractivity contribution in [3.05, 3.63) is 83.9 Å². The summed E-state index contributed by atoms with van der Waals surface area (Å²) in [6, 6.07) is 20.7. The van der Waals surface area contributed by atoms with Crippen LogP contribution >= 0.6 is 0 Å². The Labute approximate surface area is 112 Å². The van der Waals surface area contributed by atoms with Crippen LogP contribution in [0, 0.1) is 0 Å². The van der Waals surface area contributed by atoms with Gasteiger partial charge in [0.2, 0.25) is 5.91 Å². The molecule has 2 heteroatoms. The van der Waals surface area contributed by atoms with Gasteiger partial charge in [-0.15, -0.1) is 0 Å². The number of benzene rings is 2. The highest BCUT2D eigenvalue weighted by molar-refractivity contribution is 5.96. The summed E-state index contributed by atoms with van der Waals surface area (Å²) in [5, 5.41) is 0. The number of carbonyl (C=O) groups is 1. The maximum Gasteiger partial charge on any atom is 0.247 e. The lowest BCUT2D eigenvalue weighted by Crippen LogP contribution is -2.22. The second kappa shape index (κ2) is 3.58. The van der Waals surface area contributed by atoms with Gasteiger partial charge in [-0.3, -0.25) is 4.79 Å². The lowest BCUT2D eigenvalue weighted by Gasteiger charge is -2.19. The first-order valence-corrected chi connectivity index (χ1v) is 6.47. The molecule has 0 aromatic heterocycles. The first kappa shape index (κ1) is 10.6. The van der Waals surface area contributed by atoms with Gasteiger partial charge in [0.25, 0.3) is 0 Å². The number of hydrogen-bond donors (Lipinski definition) is 0. The van der Waals surface area contributed by atoms with Gasteiger partial charge in [-0.1, -0.05) is 66.7 Å². The first-order chi connectivity index (χ1) is 9.35. The van der Waals surface area contributed by atoms with Gasteiger partial charge in [0.05, 0.1) is 6.04 Å². The summed E-state index contributed by atoms with van der Waals surface area (Å²) in [5.74, 6) is 0.109. The van der Waals surface area contributed by atoms with E-state index in [-0.39, 0.29) is 17.5 Å². The van der Waals surface area contributed by atoms with Crippen LogP contribution in [0.1, 0.15) is 11.1 Å². The Bertz CT molecular complexity index is 621. The third-order valence-corrected chi connectivity index (χ3v) is 4.10. The molecular formula is C17H13NO. The molecule has 1 saturated heterocycles. The van der Waals surface area contributed by atoms with Gasteiger partial charge in [0, 0.05) is 6.08 Å². The van der Waals surface area contributed by atoms with E-state index in [1.807, 2.05) is 47.4 Å². The third-order valence-electron chi connectivity index (χ3n) is 4.10. The number of nitrogens with zero attached hydrogens (tertiary/aromatic N) is 1. The molecule has 2 heterocycles. The van der Waals surface area contributed by atoms with Crippen LogP contribution in [0.3, 0.4) is 0 Å². The van der Waals surface area contributed by atoms with Gasteiger partial charge in [-0.05, 0) is 11.1 Å². The molecule has 0 aliphatic carbocycles. The second-order valence-electron chi connectivity index (χ2n) is 5.01. The smallest absolute Gasteiger partial charge is 0.247 e. The Morgan fingerprint density at radius 2 is 1.37 bits per heavy atom. The number of amides is 1. The zero-order valence-corrected chi connectivity index (χ0v) is 10.4. The Morgan fingerprint density at radius 1 is 0.842 bits per heavy atom. The second-order valence-corrected chi connectivity index (χ2v) is 5.01. The average molecular weight is 247 g/mol. The Balaban J connectivity index is 1.93. The fourth-order valence-electron chi connectivity index (χ4n) is 3.27. The van der Waals surface area contributed by atoms with Crippen molar-refractivity contribution in [2.45, 2.75) is 11.6 Å². The summed E-state index contributed by atoms with van der Waals surface area (Å²) >= 11 is 0. The highest BCUT2D eigenvalue weighted by Gasteiger charge is 2.67. The number of hydrogen-bond acceptors (Lipinski definition) is 1. The van der Waals surface area contributed by atoms with E-state index in [4.69, 9.17) is 0 Å². The Morgan fingerprint density at radius 3 is 1.79 bits per heavy atom. The van der Waals surface area contributed by atoms with Crippen LogP contribution in [-0.2, 0) is 10.3 Å². The molecule has 0 saturated carbocycles. The van der Waals surface area contributed by atoms with Crippen molar-refractivity contribution in [3.8, 4) is 0 Å². The van der Waals surface area contributed by atoms with Crippen molar-refractivity contribution >= 4 is 5.91 Å². The van der Waals surface area contributed by atoms with Crippen LogP contribution in [0.25, 0.3) is 0 Å². The minimum absolute atomic E-state index is 0.109. The molecule has 1 amide bonds. The van der Waals surface area contributed by atoms with Crippen LogP contribution in [-0.4, -0.2) is 16.8 Å². The summed E-state index contributed by atoms with van der Waals surface area (Å²) in [5.41, 5.74) is 2.08. The molecule has 2 aliphatic heterocycles. The maximum absolute atomic E-state index is 12.0. The van der Waals surface area contributed by atoms with Gasteiger partial charge in [-0.25, -0.2) is 0 Å². The van der Waals surface area contributed by atoms with E-state index in [0.717, 1.165) is 0 Å². The normalized spacial score (nSPS) is 22.4. The molecule has 0 N–H and O–H groups in total. The highest BCUT2D eigenvalue weighted by atomic mass is 16.2. The molecule has 0 bridgehead atoms. The third kappa shape index (κ3) is 1.23. The van der Waals surface area contributed by atoms with Gasteiger partial charge in [0.1, 0.15) is 5.54 Å². The van der Waals surface area contributed by atoms with Gasteiger partial charge < -0.3 is 4.90 Å². The monoisotopic (exact) mass is 247 g/mol. The molecule has 2 nitrogen and oxygen atoms in total. The molecule has 19 heavy (non-hydrogen) atoms. The topological polar surface area (TPSA) is 20.1 Å². The SMILES string of the molecule is O=C1C=CC2N1C2(c1ccccc1)c1ccccc1. The minimum atomic E-state index is -0.283. The molecule has 0 radical (unpaired) electrons. The number of fused-ring (bicyclic) bond motifs is 1. The Kier molecular flexibility index (Phi) is 1.99. The molecule has 0 spiro atoms. The number of rotatable bonds is 2. The van der Waals surface area contributed by atoms with Crippen LogP contribution in [0.15, 0.2) is 72.8 Å². The van der Waals surface area contributed by atoms with Crippen molar-refractivity contribution in [2.24, 2.45) is 0 Å². The van der Waals surface area contributed by atoms with E-state index in [0.29, 0.717) is 0 Å². The summed E-state index contributed by atoms with van der Waals surface area (Å²) in [6.45, 7) is 0. The van der Waals surface area contributed by atoms with Crippen molar-refractivity contribution in [1.29, 1.82) is 0 Å². The highest BCUT2D eigenvalue weighted by Crippen LogP contribution is 2.57. The van der Waals surface area contributed by atoms with Gasteiger partial charge in [-0.2, -0.15) is 0 Å². The average Bonchev–Trinajstić information content (AvgIpc) is 3.02. The van der Waals surface area contributed by atoms with E-state index >= 15 is 0 Å². The molecule has 2 aliphatic rings. The van der Waals surface area contributed by atoms with Crippen LogP contribution in [0.5, 0.6) is 0 Å². The minimum Gasteiger partial charge on any atom is -0.313 e.